The normalized spacial score (nSPS) is 11.0. The zero-order valence-electron chi connectivity index (χ0n) is 16.9. The first kappa shape index (κ1) is 23.3. The number of nitrogens with zero attached hydrogens (tertiary/aromatic N) is 1. The van der Waals surface area contributed by atoms with Crippen molar-refractivity contribution in [3.63, 3.8) is 0 Å². The van der Waals surface area contributed by atoms with Gasteiger partial charge in [0, 0.05) is 11.8 Å². The highest BCUT2D eigenvalue weighted by Crippen LogP contribution is 2.25. The average Bonchev–Trinajstić information content (AvgIpc) is 2.65. The summed E-state index contributed by atoms with van der Waals surface area (Å²) < 4.78 is 15.8. The van der Waals surface area contributed by atoms with Crippen LogP contribution in [0.25, 0.3) is 0 Å². The molecule has 0 aliphatic carbocycles. The highest BCUT2D eigenvalue weighted by molar-refractivity contribution is 5.93. The number of rotatable bonds is 10. The largest absolute Gasteiger partial charge is 0.491 e. The topological polar surface area (TPSA) is 113 Å². The zero-order chi connectivity index (χ0) is 20.9. The number of hydrogen-bond donors (Lipinski definition) is 2. The number of methoxy groups -OCH3 is 1. The Hall–Kier alpha value is -2.71. The van der Waals surface area contributed by atoms with Gasteiger partial charge in [0.05, 0.1) is 26.9 Å². The van der Waals surface area contributed by atoms with E-state index in [2.05, 4.69) is 37.9 Å². The first-order valence-corrected chi connectivity index (χ1v) is 8.97. The number of carbonyl (C=O) groups is 2. The zero-order valence-corrected chi connectivity index (χ0v) is 16.9. The van der Waals surface area contributed by atoms with Crippen LogP contribution >= 0.6 is 0 Å². The first-order chi connectivity index (χ1) is 13.3. The van der Waals surface area contributed by atoms with Gasteiger partial charge in [0.15, 0.2) is 5.75 Å². The van der Waals surface area contributed by atoms with E-state index in [0.29, 0.717) is 13.2 Å². The minimum Gasteiger partial charge on any atom is -0.491 e. The summed E-state index contributed by atoms with van der Waals surface area (Å²) in [6.45, 7) is 6.77. The van der Waals surface area contributed by atoms with Crippen molar-refractivity contribution in [3.05, 3.63) is 41.1 Å². The highest BCUT2D eigenvalue weighted by Gasteiger charge is 2.14. The van der Waals surface area contributed by atoms with Crippen molar-refractivity contribution in [1.82, 2.24) is 10.3 Å². The number of allylic oxidation sites excluding steroid dienone is 3. The number of imide groups is 1. The second-order valence-corrected chi connectivity index (χ2v) is 6.38. The maximum absolute atomic E-state index is 11.6. The predicted octanol–water partition coefficient (Wildman–Crippen LogP) is 2.87. The molecule has 1 aromatic heterocycles. The van der Waals surface area contributed by atoms with Crippen LogP contribution < -0.4 is 20.5 Å². The molecule has 8 heteroatoms. The molecule has 0 spiro atoms. The first-order valence-electron chi connectivity index (χ1n) is 8.97. The predicted molar refractivity (Wildman–Crippen MR) is 106 cm³/mol. The number of amides is 2. The number of carbonyl (C=O) groups excluding carboxylic acids is 2. The van der Waals surface area contributed by atoms with Crippen molar-refractivity contribution >= 4 is 12.0 Å². The van der Waals surface area contributed by atoms with E-state index in [9.17, 15) is 9.59 Å². The Balaban J connectivity index is 2.54. The minimum atomic E-state index is -0.973. The van der Waals surface area contributed by atoms with Crippen LogP contribution in [0.15, 0.2) is 35.6 Å². The van der Waals surface area contributed by atoms with Crippen molar-refractivity contribution in [1.29, 1.82) is 0 Å². The lowest BCUT2D eigenvalue weighted by Crippen LogP contribution is -2.37. The molecule has 0 aliphatic heterocycles. The van der Waals surface area contributed by atoms with Crippen LogP contribution in [-0.4, -0.2) is 37.2 Å². The second-order valence-electron chi connectivity index (χ2n) is 6.38. The van der Waals surface area contributed by atoms with E-state index in [1.807, 2.05) is 5.32 Å². The standard InChI is InChI=1S/C20H29N3O5/c1-14(2)6-5-7-15(3)8-9-27-13-16-10-17(26-4)19(22-12-16)28-20(25)23-18(24)11-21/h6,8,10,12H,5,7,9,11,13,21H2,1-4H3,(H,23,24,25)/b15-8+. The summed E-state index contributed by atoms with van der Waals surface area (Å²) >= 11 is 0. The molecule has 0 atom stereocenters. The molecule has 1 rings (SSSR count). The summed E-state index contributed by atoms with van der Waals surface area (Å²) in [4.78, 5) is 26.7. The monoisotopic (exact) mass is 391 g/mol. The van der Waals surface area contributed by atoms with Gasteiger partial charge in [0.2, 0.25) is 5.91 Å². The van der Waals surface area contributed by atoms with E-state index in [1.165, 1.54) is 24.5 Å². The smallest absolute Gasteiger partial charge is 0.420 e. The molecule has 0 bridgehead atoms. The molecule has 0 aliphatic rings. The van der Waals surface area contributed by atoms with E-state index in [4.69, 9.17) is 19.9 Å². The molecule has 28 heavy (non-hydrogen) atoms. The molecule has 0 saturated carbocycles. The Morgan fingerprint density at radius 2 is 2.00 bits per heavy atom. The van der Waals surface area contributed by atoms with Crippen molar-refractivity contribution in [2.75, 3.05) is 20.3 Å². The van der Waals surface area contributed by atoms with Gasteiger partial charge in [-0.15, -0.1) is 0 Å². The van der Waals surface area contributed by atoms with Gasteiger partial charge >= 0.3 is 6.09 Å². The van der Waals surface area contributed by atoms with Gasteiger partial charge in [-0.2, -0.15) is 0 Å². The van der Waals surface area contributed by atoms with Crippen molar-refractivity contribution < 1.29 is 23.8 Å². The molecule has 1 aromatic rings. The van der Waals surface area contributed by atoms with Crippen LogP contribution in [0.2, 0.25) is 0 Å². The van der Waals surface area contributed by atoms with Crippen LogP contribution in [-0.2, 0) is 16.1 Å². The molecule has 0 unspecified atom stereocenters. The molecule has 0 fully saturated rings. The minimum absolute atomic E-state index is 0.0522. The van der Waals surface area contributed by atoms with Gasteiger partial charge in [-0.05, 0) is 39.7 Å². The maximum Gasteiger partial charge on any atom is 0.420 e. The van der Waals surface area contributed by atoms with Crippen LogP contribution in [0.1, 0.15) is 39.2 Å². The maximum atomic E-state index is 11.6. The summed E-state index contributed by atoms with van der Waals surface area (Å²) in [5.41, 5.74) is 8.48. The third kappa shape index (κ3) is 9.29. The molecule has 3 N–H and O–H groups in total. The van der Waals surface area contributed by atoms with Crippen LogP contribution in [0.3, 0.4) is 0 Å². The van der Waals surface area contributed by atoms with E-state index in [1.54, 1.807) is 6.07 Å². The van der Waals surface area contributed by atoms with Crippen LogP contribution in [0, 0.1) is 0 Å². The fraction of sp³-hybridized carbons (Fsp3) is 0.450. The number of pyridine rings is 1. The fourth-order valence-corrected chi connectivity index (χ4v) is 2.12. The summed E-state index contributed by atoms with van der Waals surface area (Å²) in [5, 5.41) is 1.96. The third-order valence-corrected chi connectivity index (χ3v) is 3.62. The SMILES string of the molecule is COc1cc(COC/C=C(\C)CCC=C(C)C)cnc1OC(=O)NC(=O)CN. The van der Waals surface area contributed by atoms with Crippen molar-refractivity contribution in [2.45, 2.75) is 40.2 Å². The lowest BCUT2D eigenvalue weighted by molar-refractivity contribution is -0.118. The number of nitrogens with one attached hydrogen (secondary N) is 1. The molecular weight excluding hydrogens is 362 g/mol. The molecule has 0 saturated heterocycles. The fourth-order valence-electron chi connectivity index (χ4n) is 2.12. The Morgan fingerprint density at radius 1 is 1.25 bits per heavy atom. The van der Waals surface area contributed by atoms with Crippen LogP contribution in [0.5, 0.6) is 11.6 Å². The van der Waals surface area contributed by atoms with E-state index < -0.39 is 12.0 Å². The van der Waals surface area contributed by atoms with Gasteiger partial charge in [-0.25, -0.2) is 9.78 Å². The van der Waals surface area contributed by atoms with Gasteiger partial charge in [-0.3, -0.25) is 10.1 Å². The lowest BCUT2D eigenvalue weighted by atomic mass is 10.1. The third-order valence-electron chi connectivity index (χ3n) is 3.62. The van der Waals surface area contributed by atoms with E-state index >= 15 is 0 Å². The summed E-state index contributed by atoms with van der Waals surface area (Å²) in [6.07, 6.45) is 6.84. The van der Waals surface area contributed by atoms with E-state index in [-0.39, 0.29) is 18.2 Å². The molecule has 8 nitrogen and oxygen atoms in total. The molecular formula is C20H29N3O5. The summed E-state index contributed by atoms with van der Waals surface area (Å²) in [5.74, 6) is -0.452. The number of ether oxygens (including phenoxy) is 3. The van der Waals surface area contributed by atoms with Gasteiger partial charge in [0.25, 0.3) is 5.88 Å². The Morgan fingerprint density at radius 3 is 2.64 bits per heavy atom. The van der Waals surface area contributed by atoms with Gasteiger partial charge < -0.3 is 19.9 Å². The Kier molecular flexibility index (Phi) is 10.5. The van der Waals surface area contributed by atoms with Crippen LogP contribution in [0.4, 0.5) is 4.79 Å². The van der Waals surface area contributed by atoms with E-state index in [0.717, 1.165) is 18.4 Å². The number of nitrogens with two attached hydrogens (primary N) is 1. The molecule has 1 heterocycles. The van der Waals surface area contributed by atoms with Gasteiger partial charge in [0.1, 0.15) is 0 Å². The lowest BCUT2D eigenvalue weighted by Gasteiger charge is -2.10. The number of hydrogen-bond acceptors (Lipinski definition) is 7. The molecule has 0 aromatic carbocycles. The summed E-state index contributed by atoms with van der Waals surface area (Å²) in [6, 6.07) is 1.66. The van der Waals surface area contributed by atoms with Crippen molar-refractivity contribution in [3.8, 4) is 11.6 Å². The van der Waals surface area contributed by atoms with Crippen molar-refractivity contribution in [2.24, 2.45) is 5.73 Å². The molecule has 2 amide bonds. The van der Waals surface area contributed by atoms with Gasteiger partial charge in [-0.1, -0.05) is 23.3 Å². The summed E-state index contributed by atoms with van der Waals surface area (Å²) in [7, 11) is 1.43. The number of aromatic nitrogens is 1. The average molecular weight is 391 g/mol. The molecule has 154 valence electrons. The molecule has 0 radical (unpaired) electrons. The second kappa shape index (κ2) is 12.6. The Bertz CT molecular complexity index is 725. The highest BCUT2D eigenvalue weighted by atomic mass is 16.6. The Labute approximate surface area is 165 Å². The quantitative estimate of drug-likeness (QED) is 0.466.